The van der Waals surface area contributed by atoms with E-state index in [0.29, 0.717) is 11.8 Å². The Balaban J connectivity index is 2.04. The van der Waals surface area contributed by atoms with Gasteiger partial charge in [0, 0.05) is 17.1 Å². The minimum Gasteiger partial charge on any atom is -0.449 e. The highest BCUT2D eigenvalue weighted by Crippen LogP contribution is 2.29. The number of hydrogen-bond donors (Lipinski definition) is 1. The normalized spacial score (nSPS) is 23.8. The number of carbonyl (C=O) groups is 2. The standard InChI is InChI=1S/C18H23ClN2O5/c1-10-5-4-6-15(11(10)2)20-17(22)12(3)26-18(23)14-9-13(19)7-8-16(14)21(24)25/h7-12,15H,4-6H2,1-3H3,(H,20,22)/t10-,11+,12+,15+/m0/s1. The number of benzene rings is 1. The van der Waals surface area contributed by atoms with Crippen LogP contribution in [0.1, 0.15) is 50.4 Å². The Hall–Kier alpha value is -2.15. The minimum atomic E-state index is -1.06. The fraction of sp³-hybridized carbons (Fsp3) is 0.556. The summed E-state index contributed by atoms with van der Waals surface area (Å²) in [5, 5.41) is 14.2. The lowest BCUT2D eigenvalue weighted by molar-refractivity contribution is -0.385. The smallest absolute Gasteiger partial charge is 0.345 e. The highest BCUT2D eigenvalue weighted by atomic mass is 35.5. The van der Waals surface area contributed by atoms with Crippen molar-refractivity contribution in [3.63, 3.8) is 0 Å². The van der Waals surface area contributed by atoms with E-state index >= 15 is 0 Å². The summed E-state index contributed by atoms with van der Waals surface area (Å²) in [7, 11) is 0. The summed E-state index contributed by atoms with van der Waals surface area (Å²) >= 11 is 5.81. The van der Waals surface area contributed by atoms with Gasteiger partial charge in [-0.3, -0.25) is 14.9 Å². The number of rotatable bonds is 5. The summed E-state index contributed by atoms with van der Waals surface area (Å²) in [5.41, 5.74) is -0.691. The van der Waals surface area contributed by atoms with E-state index in [1.54, 1.807) is 0 Å². The molecule has 0 bridgehead atoms. The zero-order chi connectivity index (χ0) is 19.4. The van der Waals surface area contributed by atoms with E-state index in [1.165, 1.54) is 13.0 Å². The minimum absolute atomic E-state index is 0.0351. The Morgan fingerprint density at radius 2 is 2.04 bits per heavy atom. The van der Waals surface area contributed by atoms with E-state index in [2.05, 4.69) is 19.2 Å². The number of hydrogen-bond acceptors (Lipinski definition) is 5. The molecular weight excluding hydrogens is 360 g/mol. The molecule has 0 aromatic heterocycles. The Labute approximate surface area is 157 Å². The lowest BCUT2D eigenvalue weighted by Crippen LogP contribution is -2.47. The van der Waals surface area contributed by atoms with Crippen LogP contribution in [0.2, 0.25) is 5.02 Å². The van der Waals surface area contributed by atoms with Crippen molar-refractivity contribution < 1.29 is 19.2 Å². The van der Waals surface area contributed by atoms with E-state index in [1.807, 2.05) is 0 Å². The average Bonchev–Trinajstić information content (AvgIpc) is 2.58. The van der Waals surface area contributed by atoms with Gasteiger partial charge in [0.2, 0.25) is 0 Å². The molecule has 0 heterocycles. The highest BCUT2D eigenvalue weighted by molar-refractivity contribution is 6.31. The van der Waals surface area contributed by atoms with Gasteiger partial charge < -0.3 is 10.1 Å². The molecular formula is C18H23ClN2O5. The van der Waals surface area contributed by atoms with Crippen molar-refractivity contribution in [1.82, 2.24) is 5.32 Å². The predicted molar refractivity (Wildman–Crippen MR) is 97.1 cm³/mol. The number of nitro benzene ring substituents is 1. The molecule has 4 atom stereocenters. The quantitative estimate of drug-likeness (QED) is 0.475. The van der Waals surface area contributed by atoms with Crippen molar-refractivity contribution in [1.29, 1.82) is 0 Å². The van der Waals surface area contributed by atoms with Gasteiger partial charge >= 0.3 is 5.97 Å². The Morgan fingerprint density at radius 3 is 2.69 bits per heavy atom. The molecule has 0 aliphatic heterocycles. The number of ether oxygens (including phenoxy) is 1. The zero-order valence-corrected chi connectivity index (χ0v) is 15.8. The second-order valence-corrected chi connectivity index (χ2v) is 7.28. The first kappa shape index (κ1) is 20.2. The Bertz CT molecular complexity index is 709. The van der Waals surface area contributed by atoms with Crippen LogP contribution in [-0.2, 0) is 9.53 Å². The number of halogens is 1. The van der Waals surface area contributed by atoms with Crippen LogP contribution in [0, 0.1) is 22.0 Å². The third-order valence-electron chi connectivity index (χ3n) is 5.06. The fourth-order valence-electron chi connectivity index (χ4n) is 3.19. The van der Waals surface area contributed by atoms with E-state index in [0.717, 1.165) is 31.4 Å². The summed E-state index contributed by atoms with van der Waals surface area (Å²) in [6.07, 6.45) is 2.00. The lowest BCUT2D eigenvalue weighted by Gasteiger charge is -2.35. The molecule has 1 saturated carbocycles. The predicted octanol–water partition coefficient (Wildman–Crippen LogP) is 3.73. The topological polar surface area (TPSA) is 98.5 Å². The molecule has 1 amide bonds. The molecule has 1 fully saturated rings. The maximum Gasteiger partial charge on any atom is 0.345 e. The molecule has 1 aliphatic rings. The first-order valence-electron chi connectivity index (χ1n) is 8.66. The van der Waals surface area contributed by atoms with Gasteiger partial charge in [0.15, 0.2) is 6.10 Å². The number of nitrogens with one attached hydrogen (secondary N) is 1. The van der Waals surface area contributed by atoms with Crippen molar-refractivity contribution in [2.75, 3.05) is 0 Å². The van der Waals surface area contributed by atoms with Crippen LogP contribution >= 0.6 is 11.6 Å². The van der Waals surface area contributed by atoms with Gasteiger partial charge in [0.05, 0.1) is 4.92 Å². The summed E-state index contributed by atoms with van der Waals surface area (Å²) in [6.45, 7) is 5.70. The lowest BCUT2D eigenvalue weighted by atomic mass is 9.78. The van der Waals surface area contributed by atoms with Crippen LogP contribution < -0.4 is 5.32 Å². The monoisotopic (exact) mass is 382 g/mol. The van der Waals surface area contributed by atoms with Gasteiger partial charge in [-0.15, -0.1) is 0 Å². The molecule has 7 nitrogen and oxygen atoms in total. The summed E-state index contributed by atoms with van der Waals surface area (Å²) in [4.78, 5) is 35.0. The van der Waals surface area contributed by atoms with Crippen LogP contribution in [0.3, 0.4) is 0 Å². The van der Waals surface area contributed by atoms with Gasteiger partial charge in [-0.05, 0) is 37.3 Å². The highest BCUT2D eigenvalue weighted by Gasteiger charge is 2.31. The molecule has 1 N–H and O–H groups in total. The van der Waals surface area contributed by atoms with Crippen LogP contribution in [0.4, 0.5) is 5.69 Å². The molecule has 0 radical (unpaired) electrons. The number of carbonyl (C=O) groups excluding carboxylic acids is 2. The summed E-state index contributed by atoms with van der Waals surface area (Å²) in [6, 6.07) is 3.65. The maximum atomic E-state index is 12.4. The average molecular weight is 383 g/mol. The molecule has 0 saturated heterocycles. The molecule has 2 rings (SSSR count). The molecule has 26 heavy (non-hydrogen) atoms. The van der Waals surface area contributed by atoms with Gasteiger partial charge in [-0.1, -0.05) is 38.3 Å². The zero-order valence-electron chi connectivity index (χ0n) is 15.0. The fourth-order valence-corrected chi connectivity index (χ4v) is 3.37. The van der Waals surface area contributed by atoms with E-state index in [4.69, 9.17) is 16.3 Å². The van der Waals surface area contributed by atoms with Gasteiger partial charge in [-0.25, -0.2) is 4.79 Å². The number of esters is 1. The molecule has 0 unspecified atom stereocenters. The molecule has 1 aromatic rings. The third kappa shape index (κ3) is 4.72. The van der Waals surface area contributed by atoms with Gasteiger partial charge in [0.1, 0.15) is 5.56 Å². The van der Waals surface area contributed by atoms with E-state index < -0.39 is 28.6 Å². The Kier molecular flexibility index (Phi) is 6.58. The molecule has 1 aliphatic carbocycles. The first-order chi connectivity index (χ1) is 12.2. The van der Waals surface area contributed by atoms with Crippen LogP contribution in [0.25, 0.3) is 0 Å². The molecule has 8 heteroatoms. The molecule has 142 valence electrons. The van der Waals surface area contributed by atoms with Crippen LogP contribution in [0.5, 0.6) is 0 Å². The second kappa shape index (κ2) is 8.49. The number of amides is 1. The SMILES string of the molecule is C[C@@H]1[C@@H](C)CCC[C@H]1NC(=O)[C@@H](C)OC(=O)c1cc(Cl)ccc1[N+](=O)[O-]. The van der Waals surface area contributed by atoms with Crippen molar-refractivity contribution in [2.24, 2.45) is 11.8 Å². The maximum absolute atomic E-state index is 12.4. The summed E-state index contributed by atoms with van der Waals surface area (Å²) in [5.74, 6) is -0.508. The van der Waals surface area contributed by atoms with Crippen molar-refractivity contribution in [3.05, 3.63) is 38.9 Å². The van der Waals surface area contributed by atoms with Crippen LogP contribution in [-0.4, -0.2) is 28.9 Å². The van der Waals surface area contributed by atoms with Crippen LogP contribution in [0.15, 0.2) is 18.2 Å². The van der Waals surface area contributed by atoms with E-state index in [9.17, 15) is 19.7 Å². The largest absolute Gasteiger partial charge is 0.449 e. The second-order valence-electron chi connectivity index (χ2n) is 6.85. The summed E-state index contributed by atoms with van der Waals surface area (Å²) < 4.78 is 5.13. The number of nitro groups is 1. The van der Waals surface area contributed by atoms with Crippen molar-refractivity contribution in [2.45, 2.75) is 52.2 Å². The van der Waals surface area contributed by atoms with E-state index in [-0.39, 0.29) is 16.6 Å². The van der Waals surface area contributed by atoms with Crippen molar-refractivity contribution in [3.8, 4) is 0 Å². The van der Waals surface area contributed by atoms with Crippen molar-refractivity contribution >= 4 is 29.2 Å². The van der Waals surface area contributed by atoms with Gasteiger partial charge in [-0.2, -0.15) is 0 Å². The molecule has 0 spiro atoms. The Morgan fingerprint density at radius 1 is 1.35 bits per heavy atom. The van der Waals surface area contributed by atoms with Gasteiger partial charge in [0.25, 0.3) is 11.6 Å². The third-order valence-corrected chi connectivity index (χ3v) is 5.30. The number of nitrogens with zero attached hydrogens (tertiary/aromatic N) is 1. The molecule has 1 aromatic carbocycles. The first-order valence-corrected chi connectivity index (χ1v) is 9.03.